The van der Waals surface area contributed by atoms with Crippen LogP contribution in [0.3, 0.4) is 0 Å². The Morgan fingerprint density at radius 3 is 2.59 bits per heavy atom. The first-order valence-corrected chi connectivity index (χ1v) is 7.41. The lowest BCUT2D eigenvalue weighted by Gasteiger charge is -2.46. The normalized spacial score (nSPS) is 37.2. The van der Waals surface area contributed by atoms with E-state index in [1.165, 1.54) is 51.9 Å². The van der Waals surface area contributed by atoms with E-state index in [-0.39, 0.29) is 0 Å². The molecule has 3 heteroatoms. The number of piperazine rings is 1. The molecule has 1 N–H and O–H groups in total. The Hall–Kier alpha value is -0.120. The van der Waals surface area contributed by atoms with Gasteiger partial charge in [-0.05, 0) is 33.4 Å². The maximum atomic E-state index is 3.54. The summed E-state index contributed by atoms with van der Waals surface area (Å²) < 4.78 is 0. The number of hydrogen-bond acceptors (Lipinski definition) is 3. The van der Waals surface area contributed by atoms with Gasteiger partial charge in [0.05, 0.1) is 0 Å². The van der Waals surface area contributed by atoms with Crippen LogP contribution >= 0.6 is 0 Å². The van der Waals surface area contributed by atoms with Gasteiger partial charge in [0.1, 0.15) is 0 Å². The lowest BCUT2D eigenvalue weighted by molar-refractivity contribution is 0.0345. The second-order valence-corrected chi connectivity index (χ2v) is 5.72. The third-order valence-corrected chi connectivity index (χ3v) is 4.77. The summed E-state index contributed by atoms with van der Waals surface area (Å²) in [5.74, 6) is 0. The Labute approximate surface area is 107 Å². The smallest absolute Gasteiger partial charge is 0.0250 e. The van der Waals surface area contributed by atoms with Crippen molar-refractivity contribution < 1.29 is 0 Å². The molecule has 17 heavy (non-hydrogen) atoms. The minimum Gasteiger partial charge on any atom is -0.315 e. The van der Waals surface area contributed by atoms with Crippen LogP contribution in [0.25, 0.3) is 0 Å². The molecule has 0 aromatic rings. The fourth-order valence-electron chi connectivity index (χ4n) is 3.68. The topological polar surface area (TPSA) is 18.5 Å². The summed E-state index contributed by atoms with van der Waals surface area (Å²) in [5, 5.41) is 3.54. The summed E-state index contributed by atoms with van der Waals surface area (Å²) in [6.45, 7) is 9.65. The van der Waals surface area contributed by atoms with Gasteiger partial charge in [-0.3, -0.25) is 9.80 Å². The van der Waals surface area contributed by atoms with Crippen molar-refractivity contribution in [3.05, 3.63) is 0 Å². The van der Waals surface area contributed by atoms with Crippen molar-refractivity contribution >= 4 is 0 Å². The van der Waals surface area contributed by atoms with Gasteiger partial charge >= 0.3 is 0 Å². The maximum Gasteiger partial charge on any atom is 0.0250 e. The third-order valence-electron chi connectivity index (χ3n) is 4.77. The average Bonchev–Trinajstić information content (AvgIpc) is 2.38. The molecule has 1 saturated heterocycles. The first-order chi connectivity index (χ1) is 8.26. The monoisotopic (exact) mass is 239 g/mol. The molecule has 0 aromatic carbocycles. The summed E-state index contributed by atoms with van der Waals surface area (Å²) in [5.41, 5.74) is 0. The molecule has 1 saturated carbocycles. The fraction of sp³-hybridized carbons (Fsp3) is 1.00. The quantitative estimate of drug-likeness (QED) is 0.806. The van der Waals surface area contributed by atoms with Crippen LogP contribution < -0.4 is 5.32 Å². The van der Waals surface area contributed by atoms with Gasteiger partial charge in [0.25, 0.3) is 0 Å². The second kappa shape index (κ2) is 6.17. The molecule has 1 aliphatic heterocycles. The molecule has 1 aliphatic carbocycles. The Morgan fingerprint density at radius 2 is 1.94 bits per heavy atom. The van der Waals surface area contributed by atoms with Crippen LogP contribution in [0.1, 0.15) is 39.5 Å². The molecule has 3 nitrogen and oxygen atoms in total. The molecule has 1 heterocycles. The molecule has 0 spiro atoms. The highest BCUT2D eigenvalue weighted by Crippen LogP contribution is 2.25. The predicted molar refractivity (Wildman–Crippen MR) is 73.4 cm³/mol. The molecule has 0 aromatic heterocycles. The Bertz CT molecular complexity index is 232. The van der Waals surface area contributed by atoms with Gasteiger partial charge in [-0.1, -0.05) is 19.8 Å². The van der Waals surface area contributed by atoms with Crippen LogP contribution in [0.15, 0.2) is 0 Å². The van der Waals surface area contributed by atoms with E-state index in [1.54, 1.807) is 0 Å². The van der Waals surface area contributed by atoms with Gasteiger partial charge in [-0.15, -0.1) is 0 Å². The predicted octanol–water partition coefficient (Wildman–Crippen LogP) is 1.54. The molecule has 2 fully saturated rings. The van der Waals surface area contributed by atoms with Crippen LogP contribution in [0.2, 0.25) is 0 Å². The van der Waals surface area contributed by atoms with E-state index in [4.69, 9.17) is 0 Å². The van der Waals surface area contributed by atoms with Crippen molar-refractivity contribution in [2.24, 2.45) is 0 Å². The van der Waals surface area contributed by atoms with Gasteiger partial charge < -0.3 is 5.32 Å². The highest BCUT2D eigenvalue weighted by Gasteiger charge is 2.32. The molecular weight excluding hydrogens is 210 g/mol. The van der Waals surface area contributed by atoms with Crippen molar-refractivity contribution in [2.75, 3.05) is 33.2 Å². The van der Waals surface area contributed by atoms with Crippen molar-refractivity contribution in [2.45, 2.75) is 57.7 Å². The Balaban J connectivity index is 1.93. The zero-order chi connectivity index (χ0) is 12.3. The largest absolute Gasteiger partial charge is 0.315 e. The maximum absolute atomic E-state index is 3.54. The zero-order valence-electron chi connectivity index (χ0n) is 11.8. The summed E-state index contributed by atoms with van der Waals surface area (Å²) in [6, 6.07) is 2.24. The minimum atomic E-state index is 0.726. The summed E-state index contributed by atoms with van der Waals surface area (Å²) >= 11 is 0. The summed E-state index contributed by atoms with van der Waals surface area (Å²) in [4.78, 5) is 5.35. The van der Waals surface area contributed by atoms with Crippen LogP contribution in [-0.4, -0.2) is 61.2 Å². The molecule has 0 radical (unpaired) electrons. The number of rotatable bonds is 3. The molecule has 0 bridgehead atoms. The molecule has 2 aliphatic rings. The molecule has 3 unspecified atom stereocenters. The lowest BCUT2D eigenvalue weighted by Crippen LogP contribution is -2.59. The van der Waals surface area contributed by atoms with Gasteiger partial charge in [0, 0.05) is 37.8 Å². The second-order valence-electron chi connectivity index (χ2n) is 5.72. The van der Waals surface area contributed by atoms with Gasteiger partial charge in [0.2, 0.25) is 0 Å². The van der Waals surface area contributed by atoms with Crippen LogP contribution in [-0.2, 0) is 0 Å². The number of likely N-dealkylation sites (N-methyl/N-ethyl adjacent to an activating group) is 2. The average molecular weight is 239 g/mol. The third kappa shape index (κ3) is 3.01. The van der Waals surface area contributed by atoms with Gasteiger partial charge in [-0.25, -0.2) is 0 Å². The van der Waals surface area contributed by atoms with Crippen LogP contribution in [0.4, 0.5) is 0 Å². The SMILES string of the molecule is CCN1CCN(C2CCCCC2NC)CC1C. The summed E-state index contributed by atoms with van der Waals surface area (Å²) in [7, 11) is 2.13. The van der Waals surface area contributed by atoms with Crippen LogP contribution in [0.5, 0.6) is 0 Å². The highest BCUT2D eigenvalue weighted by molar-refractivity contribution is 4.91. The van der Waals surface area contributed by atoms with E-state index in [0.717, 1.165) is 18.1 Å². The first kappa shape index (κ1) is 13.3. The summed E-state index contributed by atoms with van der Waals surface area (Å²) in [6.07, 6.45) is 5.59. The standard InChI is InChI=1S/C14H29N3/c1-4-16-9-10-17(11-12(16)2)14-8-6-5-7-13(14)15-3/h12-15H,4-11H2,1-3H3. The number of nitrogens with one attached hydrogen (secondary N) is 1. The fourth-order valence-corrected chi connectivity index (χ4v) is 3.68. The Morgan fingerprint density at radius 1 is 1.18 bits per heavy atom. The van der Waals surface area contributed by atoms with E-state index in [1.807, 2.05) is 0 Å². The van der Waals surface area contributed by atoms with Crippen molar-refractivity contribution in [3.8, 4) is 0 Å². The van der Waals surface area contributed by atoms with E-state index in [2.05, 4.69) is 36.0 Å². The van der Waals surface area contributed by atoms with E-state index in [0.29, 0.717) is 0 Å². The van der Waals surface area contributed by atoms with Gasteiger partial charge in [-0.2, -0.15) is 0 Å². The van der Waals surface area contributed by atoms with Gasteiger partial charge in [0.15, 0.2) is 0 Å². The molecule has 0 amide bonds. The Kier molecular flexibility index (Phi) is 4.83. The van der Waals surface area contributed by atoms with Crippen molar-refractivity contribution in [3.63, 3.8) is 0 Å². The van der Waals surface area contributed by atoms with Crippen molar-refractivity contribution in [1.82, 2.24) is 15.1 Å². The molecule has 3 atom stereocenters. The van der Waals surface area contributed by atoms with E-state index < -0.39 is 0 Å². The zero-order valence-corrected chi connectivity index (χ0v) is 11.8. The molecular formula is C14H29N3. The van der Waals surface area contributed by atoms with E-state index in [9.17, 15) is 0 Å². The number of hydrogen-bond donors (Lipinski definition) is 1. The number of nitrogens with zero attached hydrogens (tertiary/aromatic N) is 2. The molecule has 2 rings (SSSR count). The van der Waals surface area contributed by atoms with E-state index >= 15 is 0 Å². The minimum absolute atomic E-state index is 0.726. The lowest BCUT2D eigenvalue weighted by atomic mass is 9.88. The highest BCUT2D eigenvalue weighted by atomic mass is 15.3. The van der Waals surface area contributed by atoms with Crippen molar-refractivity contribution in [1.29, 1.82) is 0 Å². The molecule has 100 valence electrons. The van der Waals surface area contributed by atoms with Crippen LogP contribution in [0, 0.1) is 0 Å². The first-order valence-electron chi connectivity index (χ1n) is 7.41.